The van der Waals surface area contributed by atoms with Crippen LogP contribution in [0, 0.1) is 0 Å². The third kappa shape index (κ3) is 2.77. The van der Waals surface area contributed by atoms with E-state index in [0.717, 1.165) is 11.6 Å². The predicted molar refractivity (Wildman–Crippen MR) is 71.3 cm³/mol. The van der Waals surface area contributed by atoms with Crippen molar-refractivity contribution in [2.24, 2.45) is 5.73 Å². The zero-order chi connectivity index (χ0) is 13.3. The third-order valence-electron chi connectivity index (χ3n) is 3.18. The highest BCUT2D eigenvalue weighted by Gasteiger charge is 2.44. The van der Waals surface area contributed by atoms with Crippen molar-refractivity contribution in [3.8, 4) is 0 Å². The second-order valence-corrected chi connectivity index (χ2v) is 4.42. The van der Waals surface area contributed by atoms with Gasteiger partial charge in [-0.3, -0.25) is 0 Å². The number of benzene rings is 1. The highest BCUT2D eigenvalue weighted by Crippen LogP contribution is 2.39. The third-order valence-corrected chi connectivity index (χ3v) is 3.18. The number of nitrogens with two attached hydrogens (primary N) is 1. The number of hydrogen-bond donors (Lipinski definition) is 3. The van der Waals surface area contributed by atoms with Gasteiger partial charge in [-0.1, -0.05) is 30.3 Å². The quantitative estimate of drug-likeness (QED) is 0.778. The van der Waals surface area contributed by atoms with Crippen LogP contribution in [0.4, 0.5) is 0 Å². The Bertz CT molecular complexity index is 529. The molecule has 0 saturated heterocycles. The molecular weight excluding hydrogens is 270 g/mol. The molecule has 102 valence electrons. The average molecular weight is 284 g/mol. The van der Waals surface area contributed by atoms with Crippen LogP contribution in [0.15, 0.2) is 42.0 Å². The van der Waals surface area contributed by atoms with E-state index in [1.165, 1.54) is 0 Å². The van der Waals surface area contributed by atoms with Crippen molar-refractivity contribution < 1.29 is 19.8 Å². The van der Waals surface area contributed by atoms with E-state index < -0.39 is 23.4 Å². The molecule has 0 saturated carbocycles. The van der Waals surface area contributed by atoms with Crippen LogP contribution in [-0.2, 0) is 9.59 Å². The van der Waals surface area contributed by atoms with Gasteiger partial charge in [0.1, 0.15) is 5.54 Å². The molecule has 1 aromatic carbocycles. The fraction of sp³-hybridized carbons (Fsp3) is 0.231. The second-order valence-electron chi connectivity index (χ2n) is 4.42. The number of aliphatic carboxylic acids is 2. The Morgan fingerprint density at radius 3 is 2.26 bits per heavy atom. The summed E-state index contributed by atoms with van der Waals surface area (Å²) >= 11 is 0. The Morgan fingerprint density at radius 1 is 1.21 bits per heavy atom. The van der Waals surface area contributed by atoms with E-state index in [4.69, 9.17) is 15.9 Å². The molecule has 0 aromatic heterocycles. The Labute approximate surface area is 116 Å². The minimum Gasteiger partial charge on any atom is -0.480 e. The number of carboxylic acids is 2. The summed E-state index contributed by atoms with van der Waals surface area (Å²) in [5.74, 6) is -2.82. The molecule has 1 aromatic rings. The fourth-order valence-corrected chi connectivity index (χ4v) is 2.23. The van der Waals surface area contributed by atoms with Gasteiger partial charge in [-0.05, 0) is 18.1 Å². The summed E-state index contributed by atoms with van der Waals surface area (Å²) in [4.78, 5) is 22.3. The van der Waals surface area contributed by atoms with Gasteiger partial charge in [0.05, 0.1) is 0 Å². The van der Waals surface area contributed by atoms with Crippen molar-refractivity contribution in [1.29, 1.82) is 0 Å². The van der Waals surface area contributed by atoms with Crippen LogP contribution < -0.4 is 5.73 Å². The summed E-state index contributed by atoms with van der Waals surface area (Å²) < 4.78 is 0. The summed E-state index contributed by atoms with van der Waals surface area (Å²) in [5.41, 5.74) is 4.93. The van der Waals surface area contributed by atoms with Gasteiger partial charge in [0.15, 0.2) is 0 Å². The highest BCUT2D eigenvalue weighted by molar-refractivity contribution is 5.94. The van der Waals surface area contributed by atoms with Crippen molar-refractivity contribution in [2.45, 2.75) is 17.9 Å². The van der Waals surface area contributed by atoms with Crippen LogP contribution in [-0.4, -0.2) is 27.7 Å². The highest BCUT2D eigenvalue weighted by atomic mass is 35.5. The van der Waals surface area contributed by atoms with Crippen molar-refractivity contribution in [1.82, 2.24) is 0 Å². The van der Waals surface area contributed by atoms with E-state index in [2.05, 4.69) is 0 Å². The number of halogens is 1. The van der Waals surface area contributed by atoms with Gasteiger partial charge >= 0.3 is 11.9 Å². The van der Waals surface area contributed by atoms with Crippen LogP contribution >= 0.6 is 12.4 Å². The molecule has 0 spiro atoms. The van der Waals surface area contributed by atoms with E-state index >= 15 is 0 Å². The summed E-state index contributed by atoms with van der Waals surface area (Å²) in [6.07, 6.45) is 1.21. The summed E-state index contributed by atoms with van der Waals surface area (Å²) in [7, 11) is 0. The lowest BCUT2D eigenvalue weighted by Gasteiger charge is -2.18. The lowest BCUT2D eigenvalue weighted by atomic mass is 9.89. The van der Waals surface area contributed by atoms with Crippen LogP contribution in [0.1, 0.15) is 17.9 Å². The van der Waals surface area contributed by atoms with Crippen molar-refractivity contribution >= 4 is 24.3 Å². The molecule has 2 atom stereocenters. The summed E-state index contributed by atoms with van der Waals surface area (Å²) in [6.45, 7) is 0. The van der Waals surface area contributed by atoms with Crippen LogP contribution in [0.2, 0.25) is 0 Å². The molecule has 2 rings (SSSR count). The lowest BCUT2D eigenvalue weighted by molar-refractivity contribution is -0.141. The molecule has 6 heteroatoms. The fourth-order valence-electron chi connectivity index (χ4n) is 2.23. The molecule has 4 N–H and O–H groups in total. The molecule has 0 heterocycles. The predicted octanol–water partition coefficient (Wildman–Crippen LogP) is 1.39. The largest absolute Gasteiger partial charge is 0.480 e. The zero-order valence-electron chi connectivity index (χ0n) is 9.95. The minimum atomic E-state index is -1.60. The molecule has 0 bridgehead atoms. The molecule has 1 aliphatic carbocycles. The molecule has 0 aliphatic heterocycles. The topological polar surface area (TPSA) is 101 Å². The minimum absolute atomic E-state index is 0. The normalized spacial score (nSPS) is 25.3. The summed E-state index contributed by atoms with van der Waals surface area (Å²) in [5, 5.41) is 18.2. The van der Waals surface area contributed by atoms with Gasteiger partial charge in [0, 0.05) is 11.5 Å². The Balaban J connectivity index is 0.00000180. The van der Waals surface area contributed by atoms with E-state index in [1.54, 1.807) is 24.3 Å². The lowest BCUT2D eigenvalue weighted by Crippen LogP contribution is -2.44. The van der Waals surface area contributed by atoms with E-state index in [-0.39, 0.29) is 24.4 Å². The number of carboxylic acid groups (broad SMARTS) is 2. The van der Waals surface area contributed by atoms with Crippen LogP contribution in [0.3, 0.4) is 0 Å². The van der Waals surface area contributed by atoms with Crippen molar-refractivity contribution in [3.05, 3.63) is 47.5 Å². The van der Waals surface area contributed by atoms with Gasteiger partial charge in [0.25, 0.3) is 0 Å². The maximum atomic E-state index is 11.2. The number of hydrogen-bond acceptors (Lipinski definition) is 3. The maximum absolute atomic E-state index is 11.2. The Morgan fingerprint density at radius 2 is 1.79 bits per heavy atom. The van der Waals surface area contributed by atoms with Gasteiger partial charge in [0.2, 0.25) is 0 Å². The SMILES string of the molecule is Cl.N[C@]1(C(=O)O)C=C(C(=O)O)[C@H](c2ccccc2)C1. The first-order valence-corrected chi connectivity index (χ1v) is 5.47. The molecule has 0 fully saturated rings. The molecule has 0 unspecified atom stereocenters. The Hall–Kier alpha value is -1.85. The molecule has 5 nitrogen and oxygen atoms in total. The molecule has 0 radical (unpaired) electrons. The van der Waals surface area contributed by atoms with Crippen LogP contribution in [0.25, 0.3) is 0 Å². The molecule has 0 amide bonds. The van der Waals surface area contributed by atoms with Gasteiger partial charge in [-0.2, -0.15) is 0 Å². The molecule has 19 heavy (non-hydrogen) atoms. The maximum Gasteiger partial charge on any atom is 0.331 e. The first-order valence-electron chi connectivity index (χ1n) is 5.47. The number of carbonyl (C=O) groups is 2. The van der Waals surface area contributed by atoms with Gasteiger partial charge in [-0.15, -0.1) is 12.4 Å². The van der Waals surface area contributed by atoms with Crippen LogP contribution in [0.5, 0.6) is 0 Å². The first-order chi connectivity index (χ1) is 8.44. The van der Waals surface area contributed by atoms with Gasteiger partial charge < -0.3 is 15.9 Å². The zero-order valence-corrected chi connectivity index (χ0v) is 10.8. The standard InChI is InChI=1S/C13H13NO4.ClH/c14-13(12(17)18)6-9(10(7-13)11(15)16)8-4-2-1-3-5-8;/h1-5,7,9H,6,14H2,(H,15,16)(H,17,18);1H/t9-,13-;/m0./s1. The molecule has 1 aliphatic rings. The first kappa shape index (κ1) is 15.2. The van der Waals surface area contributed by atoms with E-state index in [9.17, 15) is 9.59 Å². The van der Waals surface area contributed by atoms with Crippen molar-refractivity contribution in [2.75, 3.05) is 0 Å². The number of rotatable bonds is 3. The van der Waals surface area contributed by atoms with E-state index in [0.29, 0.717) is 0 Å². The summed E-state index contributed by atoms with van der Waals surface area (Å²) in [6, 6.07) is 8.93. The second kappa shape index (κ2) is 5.42. The Kier molecular flexibility index (Phi) is 4.34. The average Bonchev–Trinajstić information content (AvgIpc) is 2.70. The van der Waals surface area contributed by atoms with Gasteiger partial charge in [-0.25, -0.2) is 9.59 Å². The van der Waals surface area contributed by atoms with E-state index in [1.807, 2.05) is 6.07 Å². The molecular formula is C13H14ClNO4. The smallest absolute Gasteiger partial charge is 0.331 e. The van der Waals surface area contributed by atoms with Crippen molar-refractivity contribution in [3.63, 3.8) is 0 Å². The monoisotopic (exact) mass is 283 g/mol.